The van der Waals surface area contributed by atoms with Gasteiger partial charge in [-0.25, -0.2) is 13.2 Å². The predicted molar refractivity (Wildman–Crippen MR) is 240 cm³/mol. The Hall–Kier alpha value is -3.65. The Kier molecular flexibility index (Phi) is 23.1. The number of nitrogens with zero attached hydrogens (tertiary/aromatic N) is 2. The minimum absolute atomic E-state index is 0. The number of piperidine rings is 1. The van der Waals surface area contributed by atoms with Crippen molar-refractivity contribution in [1.82, 2.24) is 4.31 Å². The van der Waals surface area contributed by atoms with Crippen LogP contribution in [-0.4, -0.2) is 148 Å². The molecule has 61 heavy (non-hydrogen) atoms. The third kappa shape index (κ3) is 14.2. The number of carboxylic acid groups (broad SMARTS) is 2. The Morgan fingerprint density at radius 3 is 1.85 bits per heavy atom. The van der Waals surface area contributed by atoms with Gasteiger partial charge in [0.1, 0.15) is 0 Å². The van der Waals surface area contributed by atoms with Crippen molar-refractivity contribution in [3.8, 4) is 0 Å². The molecule has 4 aromatic carbocycles. The topological polar surface area (TPSA) is 268 Å². The maximum atomic E-state index is 13.9. The van der Waals surface area contributed by atoms with E-state index in [0.717, 1.165) is 62.0 Å². The molecule has 0 bridgehead atoms. The number of anilines is 3. The number of carbonyl (C=O) groups is 4. The van der Waals surface area contributed by atoms with Gasteiger partial charge in [0.05, 0.1) is 27.6 Å². The summed E-state index contributed by atoms with van der Waals surface area (Å²) in [5, 5.41) is 24.4. The second-order valence-corrected chi connectivity index (χ2v) is 16.4. The van der Waals surface area contributed by atoms with Crippen LogP contribution in [0.4, 0.5) is 17.1 Å². The van der Waals surface area contributed by atoms with Crippen molar-refractivity contribution in [1.29, 1.82) is 0 Å². The van der Waals surface area contributed by atoms with Crippen LogP contribution in [0.25, 0.3) is 0 Å². The van der Waals surface area contributed by atoms with Gasteiger partial charge in [0.25, 0.3) is 11.8 Å². The first kappa shape index (κ1) is 55.4. The van der Waals surface area contributed by atoms with Crippen LogP contribution in [0.1, 0.15) is 94.1 Å². The van der Waals surface area contributed by atoms with E-state index < -0.39 is 39.7 Å². The third-order valence-electron chi connectivity index (χ3n) is 10.8. The summed E-state index contributed by atoms with van der Waals surface area (Å²) in [6.07, 6.45) is 6.36. The van der Waals surface area contributed by atoms with Gasteiger partial charge in [-0.2, -0.15) is 4.31 Å². The zero-order valence-electron chi connectivity index (χ0n) is 32.9. The van der Waals surface area contributed by atoms with Crippen LogP contribution in [0.2, 0.25) is 0 Å². The van der Waals surface area contributed by atoms with Gasteiger partial charge in [0.15, 0.2) is 0 Å². The number of aromatic carboxylic acids is 1. The van der Waals surface area contributed by atoms with Crippen molar-refractivity contribution >= 4 is 110 Å². The van der Waals surface area contributed by atoms with Crippen LogP contribution in [0, 0.1) is 5.92 Å². The number of carbonyl (C=O) groups excluding carboxylic acids is 2. The molecule has 1 aliphatic heterocycles. The van der Waals surface area contributed by atoms with Crippen LogP contribution in [0.5, 0.6) is 0 Å². The molecular formula is C43H56N4Na2O11S. The van der Waals surface area contributed by atoms with E-state index in [9.17, 15) is 32.7 Å². The maximum absolute atomic E-state index is 13.9. The van der Waals surface area contributed by atoms with Crippen molar-refractivity contribution in [2.24, 2.45) is 5.92 Å². The van der Waals surface area contributed by atoms with Crippen molar-refractivity contribution in [2.75, 3.05) is 35.2 Å². The molecule has 322 valence electrons. The molecule has 0 atom stereocenters. The molecule has 1 saturated heterocycles. The number of carboxylic acids is 2. The molecule has 0 spiro atoms. The Labute approximate surface area is 400 Å². The number of hydrogen-bond donors (Lipinski definition) is 4. The van der Waals surface area contributed by atoms with Crippen LogP contribution < -0.4 is 15.5 Å². The van der Waals surface area contributed by atoms with Crippen molar-refractivity contribution in [3.63, 3.8) is 0 Å². The van der Waals surface area contributed by atoms with E-state index in [4.69, 9.17) is 5.11 Å². The summed E-state index contributed by atoms with van der Waals surface area (Å²) in [7, 11) is -4.00. The Bertz CT molecular complexity index is 2180. The average molecular weight is 883 g/mol. The number of aryl methyl sites for hydroxylation is 2. The number of rotatable bonds is 14. The number of amides is 2. The number of hydrogen-bond acceptors (Lipinski definition) is 7. The van der Waals surface area contributed by atoms with E-state index in [1.165, 1.54) is 28.6 Å². The van der Waals surface area contributed by atoms with E-state index in [1.54, 1.807) is 31.2 Å². The number of benzene rings is 4. The molecule has 10 N–H and O–H groups in total. The summed E-state index contributed by atoms with van der Waals surface area (Å²) in [6, 6.07) is 25.1. The van der Waals surface area contributed by atoms with Gasteiger partial charge in [0, 0.05) is 42.6 Å². The molecule has 18 heteroatoms. The van der Waals surface area contributed by atoms with Gasteiger partial charge in [-0.15, -0.1) is 0 Å². The average Bonchev–Trinajstić information content (AvgIpc) is 3.21. The molecule has 2 aliphatic rings. The summed E-state index contributed by atoms with van der Waals surface area (Å²) in [5.74, 6) is -3.29. The first-order valence-electron chi connectivity index (χ1n) is 19.2. The third-order valence-corrected chi connectivity index (χ3v) is 12.8. The van der Waals surface area contributed by atoms with E-state index in [2.05, 4.69) is 15.5 Å². The van der Waals surface area contributed by atoms with E-state index in [-0.39, 0.29) is 115 Å². The molecule has 0 unspecified atom stereocenters. The quantitative estimate of drug-likeness (QED) is 0.135. The Balaban J connectivity index is 0.00000372. The van der Waals surface area contributed by atoms with Gasteiger partial charge in [0.2, 0.25) is 10.0 Å². The molecule has 15 nitrogen and oxygen atoms in total. The standard InChI is InChI=1S/C43H48N4O8S.2Na.3H2O.2H/c1-2-47(35-21-17-32(18-22-35)43(52)53)56(54,55)37-8-6-7-33(27-37)40(48)45-39-24-23-36(46-25-4-3-5-26-46)28-38(39)41(49)44-34-19-13-30(14-20-34)10-9-29-11-15-31(16-12-29)42(50)51;;;;;;;/h6-8,11-16,19-20,23-24,27-28,32,35H,2-5,9-10,17-18,21-22,25-26H2,1H3,(H,44,49)(H,45,48)(H,50,51)(H,52,53);;;3*1H2;;. The van der Waals surface area contributed by atoms with Gasteiger partial charge >= 0.3 is 71.1 Å². The number of nitrogens with one attached hydrogen (secondary N) is 2. The van der Waals surface area contributed by atoms with Gasteiger partial charge < -0.3 is 42.2 Å². The van der Waals surface area contributed by atoms with Gasteiger partial charge in [-0.3, -0.25) is 14.4 Å². The van der Waals surface area contributed by atoms with Crippen LogP contribution in [-0.2, 0) is 27.7 Å². The Morgan fingerprint density at radius 2 is 1.30 bits per heavy atom. The summed E-state index contributed by atoms with van der Waals surface area (Å²) in [5.41, 5.74) is 4.38. The van der Waals surface area contributed by atoms with E-state index in [0.29, 0.717) is 31.4 Å². The molecule has 2 fully saturated rings. The zero-order valence-corrected chi connectivity index (χ0v) is 33.8. The molecule has 2 amide bonds. The Morgan fingerprint density at radius 1 is 0.705 bits per heavy atom. The SMILES string of the molecule is CCN(C1CCC(C(=O)O)CC1)S(=O)(=O)c1cccc(C(=O)Nc2ccc(N3CCCCC3)cc2C(=O)Nc2ccc(CCc3ccc(C(=O)O)cc3)cc2)c1.O.O.O.[NaH].[NaH]. The second-order valence-electron chi connectivity index (χ2n) is 14.5. The van der Waals surface area contributed by atoms with Gasteiger partial charge in [-0.1, -0.05) is 37.3 Å². The minimum atomic E-state index is -4.00. The van der Waals surface area contributed by atoms with Gasteiger partial charge in [-0.05, 0) is 130 Å². The molecular weight excluding hydrogens is 827 g/mol. The monoisotopic (exact) mass is 882 g/mol. The van der Waals surface area contributed by atoms with E-state index >= 15 is 0 Å². The molecule has 1 saturated carbocycles. The molecule has 1 heterocycles. The summed E-state index contributed by atoms with van der Waals surface area (Å²) in [6.45, 7) is 3.67. The predicted octanol–water partition coefficient (Wildman–Crippen LogP) is 3.55. The molecule has 1 aliphatic carbocycles. The van der Waals surface area contributed by atoms with Crippen LogP contribution in [0.3, 0.4) is 0 Å². The first-order chi connectivity index (χ1) is 26.9. The molecule has 6 rings (SSSR count). The normalized spacial score (nSPS) is 15.9. The summed E-state index contributed by atoms with van der Waals surface area (Å²) >= 11 is 0. The van der Waals surface area contributed by atoms with Crippen LogP contribution >= 0.6 is 0 Å². The summed E-state index contributed by atoms with van der Waals surface area (Å²) < 4.78 is 29.1. The summed E-state index contributed by atoms with van der Waals surface area (Å²) in [4.78, 5) is 52.5. The number of sulfonamides is 1. The molecule has 0 radical (unpaired) electrons. The number of aliphatic carboxylic acids is 1. The first-order valence-corrected chi connectivity index (χ1v) is 20.6. The fourth-order valence-corrected chi connectivity index (χ4v) is 9.34. The fraction of sp³-hybridized carbons (Fsp3) is 0.349. The fourth-order valence-electron chi connectivity index (χ4n) is 7.60. The zero-order chi connectivity index (χ0) is 39.8. The van der Waals surface area contributed by atoms with Crippen molar-refractivity contribution < 1.29 is 54.2 Å². The van der Waals surface area contributed by atoms with Crippen molar-refractivity contribution in [3.05, 3.63) is 119 Å². The van der Waals surface area contributed by atoms with E-state index in [1.807, 2.05) is 42.5 Å². The molecule has 0 aromatic heterocycles. The van der Waals surface area contributed by atoms with Crippen molar-refractivity contribution in [2.45, 2.75) is 75.6 Å². The molecule has 4 aromatic rings. The van der Waals surface area contributed by atoms with Crippen LogP contribution in [0.15, 0.2) is 95.9 Å². The second kappa shape index (κ2) is 25.5.